The molecular weight excluding hydrogens is 220 g/mol. The fourth-order valence-corrected chi connectivity index (χ4v) is 3.99. The standard InChI is InChI=1S/C16H28N2/c1-14(15-11-17-12-15)13-18-9-7-16(8-10-18)5-3-2-4-6-16/h17H,2-13H2,1H3. The number of nitrogens with one attached hydrogen (secondary N) is 1. The highest BCUT2D eigenvalue weighted by atomic mass is 15.1. The van der Waals surface area contributed by atoms with E-state index in [9.17, 15) is 0 Å². The van der Waals surface area contributed by atoms with E-state index in [0.29, 0.717) is 0 Å². The maximum absolute atomic E-state index is 3.35. The van der Waals surface area contributed by atoms with Gasteiger partial charge in [-0.2, -0.15) is 0 Å². The van der Waals surface area contributed by atoms with Crippen molar-refractivity contribution in [2.75, 3.05) is 32.7 Å². The third kappa shape index (κ3) is 2.65. The molecule has 1 aliphatic carbocycles. The molecule has 2 heterocycles. The Bertz CT molecular complexity index is 310. The first-order valence-corrected chi connectivity index (χ1v) is 7.88. The fraction of sp³-hybridized carbons (Fsp3) is 0.875. The van der Waals surface area contributed by atoms with Gasteiger partial charge in [0.15, 0.2) is 0 Å². The molecule has 2 nitrogen and oxygen atoms in total. The van der Waals surface area contributed by atoms with Crippen molar-refractivity contribution < 1.29 is 0 Å². The Balaban J connectivity index is 1.50. The topological polar surface area (TPSA) is 15.3 Å². The lowest BCUT2D eigenvalue weighted by Crippen LogP contribution is -2.42. The molecule has 2 heteroatoms. The molecule has 0 aromatic heterocycles. The van der Waals surface area contributed by atoms with Gasteiger partial charge >= 0.3 is 0 Å². The highest BCUT2D eigenvalue weighted by Gasteiger charge is 2.35. The average Bonchev–Trinajstić information content (AvgIpc) is 2.31. The van der Waals surface area contributed by atoms with E-state index in [0.717, 1.165) is 18.5 Å². The molecule has 3 fully saturated rings. The lowest BCUT2D eigenvalue weighted by atomic mass is 9.68. The van der Waals surface area contributed by atoms with Crippen LogP contribution >= 0.6 is 0 Å². The molecule has 1 N–H and O–H groups in total. The van der Waals surface area contributed by atoms with E-state index in [-0.39, 0.29) is 0 Å². The van der Waals surface area contributed by atoms with Crippen molar-refractivity contribution in [1.82, 2.24) is 10.2 Å². The van der Waals surface area contributed by atoms with Gasteiger partial charge < -0.3 is 5.32 Å². The summed E-state index contributed by atoms with van der Waals surface area (Å²) in [6.07, 6.45) is 10.4. The monoisotopic (exact) mass is 248 g/mol. The Kier molecular flexibility index (Phi) is 3.76. The van der Waals surface area contributed by atoms with E-state index < -0.39 is 0 Å². The molecule has 1 spiro atoms. The van der Waals surface area contributed by atoms with Crippen molar-refractivity contribution in [2.24, 2.45) is 5.41 Å². The highest BCUT2D eigenvalue weighted by Crippen LogP contribution is 2.44. The van der Waals surface area contributed by atoms with E-state index in [4.69, 9.17) is 0 Å². The van der Waals surface area contributed by atoms with Crippen LogP contribution in [0.1, 0.15) is 51.9 Å². The number of likely N-dealkylation sites (tertiary alicyclic amines) is 1. The van der Waals surface area contributed by atoms with Gasteiger partial charge in [0.2, 0.25) is 0 Å². The minimum Gasteiger partial charge on any atom is -0.309 e. The number of nitrogens with zero attached hydrogens (tertiary/aromatic N) is 1. The number of rotatable bonds is 2. The molecular formula is C16H28N2. The first kappa shape index (κ1) is 12.7. The van der Waals surface area contributed by atoms with E-state index in [1.807, 2.05) is 0 Å². The van der Waals surface area contributed by atoms with Crippen LogP contribution in [0.4, 0.5) is 0 Å². The maximum atomic E-state index is 3.35. The summed E-state index contributed by atoms with van der Waals surface area (Å²) in [7, 11) is 0. The van der Waals surface area contributed by atoms with Gasteiger partial charge in [-0.05, 0) is 56.7 Å². The summed E-state index contributed by atoms with van der Waals surface area (Å²) in [5.74, 6) is 0. The van der Waals surface area contributed by atoms with E-state index in [1.54, 1.807) is 11.1 Å². The fourth-order valence-electron chi connectivity index (χ4n) is 3.99. The molecule has 3 aliphatic rings. The molecule has 0 atom stereocenters. The Morgan fingerprint density at radius 3 is 2.28 bits per heavy atom. The largest absolute Gasteiger partial charge is 0.309 e. The van der Waals surface area contributed by atoms with Gasteiger partial charge in [-0.3, -0.25) is 4.90 Å². The minimum atomic E-state index is 0.758. The minimum absolute atomic E-state index is 0.758. The Labute approximate surface area is 112 Å². The van der Waals surface area contributed by atoms with Gasteiger partial charge in [-0.1, -0.05) is 24.8 Å². The first-order chi connectivity index (χ1) is 8.77. The Morgan fingerprint density at radius 2 is 1.72 bits per heavy atom. The molecule has 2 saturated heterocycles. The molecule has 102 valence electrons. The third-order valence-corrected chi connectivity index (χ3v) is 5.57. The van der Waals surface area contributed by atoms with Crippen LogP contribution in [-0.4, -0.2) is 37.6 Å². The van der Waals surface area contributed by atoms with Crippen molar-refractivity contribution in [1.29, 1.82) is 0 Å². The molecule has 3 rings (SSSR count). The van der Waals surface area contributed by atoms with Gasteiger partial charge in [0.05, 0.1) is 0 Å². The third-order valence-electron chi connectivity index (χ3n) is 5.57. The van der Waals surface area contributed by atoms with E-state index >= 15 is 0 Å². The first-order valence-electron chi connectivity index (χ1n) is 7.88. The Hall–Kier alpha value is -0.340. The van der Waals surface area contributed by atoms with E-state index in [2.05, 4.69) is 17.1 Å². The normalized spacial score (nSPS) is 28.2. The smallest absolute Gasteiger partial charge is 0.0193 e. The van der Waals surface area contributed by atoms with Crippen LogP contribution in [0.15, 0.2) is 11.1 Å². The van der Waals surface area contributed by atoms with Gasteiger partial charge in [0.25, 0.3) is 0 Å². The molecule has 0 aromatic rings. The number of hydrogen-bond acceptors (Lipinski definition) is 2. The number of hydrogen-bond donors (Lipinski definition) is 1. The van der Waals surface area contributed by atoms with Crippen molar-refractivity contribution in [3.8, 4) is 0 Å². The van der Waals surface area contributed by atoms with Crippen LogP contribution in [0.3, 0.4) is 0 Å². The second-order valence-corrected chi connectivity index (χ2v) is 6.82. The summed E-state index contributed by atoms with van der Waals surface area (Å²) < 4.78 is 0. The second kappa shape index (κ2) is 5.34. The van der Waals surface area contributed by atoms with E-state index in [1.165, 1.54) is 64.6 Å². The van der Waals surface area contributed by atoms with Crippen LogP contribution in [0.5, 0.6) is 0 Å². The quantitative estimate of drug-likeness (QED) is 0.756. The number of piperidine rings is 1. The summed E-state index contributed by atoms with van der Waals surface area (Å²) >= 11 is 0. The molecule has 1 saturated carbocycles. The van der Waals surface area contributed by atoms with Crippen LogP contribution in [0.25, 0.3) is 0 Å². The molecule has 18 heavy (non-hydrogen) atoms. The zero-order chi connectivity index (χ0) is 12.4. The molecule has 0 unspecified atom stereocenters. The highest BCUT2D eigenvalue weighted by molar-refractivity contribution is 5.22. The van der Waals surface area contributed by atoms with Crippen molar-refractivity contribution in [3.63, 3.8) is 0 Å². The average molecular weight is 248 g/mol. The van der Waals surface area contributed by atoms with Crippen LogP contribution < -0.4 is 5.32 Å². The van der Waals surface area contributed by atoms with Gasteiger partial charge in [0.1, 0.15) is 0 Å². The second-order valence-electron chi connectivity index (χ2n) is 6.82. The van der Waals surface area contributed by atoms with Crippen molar-refractivity contribution >= 4 is 0 Å². The van der Waals surface area contributed by atoms with Crippen LogP contribution in [-0.2, 0) is 0 Å². The molecule has 0 amide bonds. The predicted octanol–water partition coefficient (Wildman–Crippen LogP) is 2.95. The lowest BCUT2D eigenvalue weighted by molar-refractivity contribution is 0.0723. The zero-order valence-corrected chi connectivity index (χ0v) is 11.9. The Morgan fingerprint density at radius 1 is 1.06 bits per heavy atom. The lowest BCUT2D eigenvalue weighted by Gasteiger charge is -2.44. The predicted molar refractivity (Wildman–Crippen MR) is 76.8 cm³/mol. The van der Waals surface area contributed by atoms with Gasteiger partial charge in [-0.15, -0.1) is 0 Å². The SMILES string of the molecule is CC(CN1CCC2(CCCCC2)CC1)=C1CNC1. The van der Waals surface area contributed by atoms with Gasteiger partial charge in [-0.25, -0.2) is 0 Å². The van der Waals surface area contributed by atoms with Gasteiger partial charge in [0, 0.05) is 19.6 Å². The van der Waals surface area contributed by atoms with Crippen LogP contribution in [0, 0.1) is 5.41 Å². The summed E-state index contributed by atoms with van der Waals surface area (Å²) in [4.78, 5) is 2.69. The zero-order valence-electron chi connectivity index (χ0n) is 11.9. The maximum Gasteiger partial charge on any atom is 0.0193 e. The molecule has 2 aliphatic heterocycles. The molecule has 0 radical (unpaired) electrons. The summed E-state index contributed by atoms with van der Waals surface area (Å²) in [5, 5.41) is 3.35. The summed E-state index contributed by atoms with van der Waals surface area (Å²) in [5.41, 5.74) is 4.05. The summed E-state index contributed by atoms with van der Waals surface area (Å²) in [6, 6.07) is 0. The van der Waals surface area contributed by atoms with Crippen molar-refractivity contribution in [3.05, 3.63) is 11.1 Å². The molecule has 0 bridgehead atoms. The van der Waals surface area contributed by atoms with Crippen LogP contribution in [0.2, 0.25) is 0 Å². The molecule has 0 aromatic carbocycles. The van der Waals surface area contributed by atoms with Crippen molar-refractivity contribution in [2.45, 2.75) is 51.9 Å². The summed E-state index contributed by atoms with van der Waals surface area (Å²) in [6.45, 7) is 8.54.